The lowest BCUT2D eigenvalue weighted by Crippen LogP contribution is -2.41. The summed E-state index contributed by atoms with van der Waals surface area (Å²) in [6, 6.07) is 4.77. The number of Topliss-reactive ketones (excluding diaryl/α,β-unsaturated/α-hetero) is 1. The first-order valence-electron chi connectivity index (χ1n) is 9.44. The first-order valence-corrected chi connectivity index (χ1v) is 9.82. The lowest BCUT2D eigenvalue weighted by atomic mass is 10.1. The zero-order chi connectivity index (χ0) is 22.2. The van der Waals surface area contributed by atoms with Gasteiger partial charge in [0.15, 0.2) is 0 Å². The number of nitrogens with zero attached hydrogens (tertiary/aromatic N) is 1. The van der Waals surface area contributed by atoms with Gasteiger partial charge in [-0.1, -0.05) is 11.6 Å². The molecule has 0 saturated carbocycles. The smallest absolute Gasteiger partial charge is 0.294 e. The molecule has 0 unspecified atom stereocenters. The summed E-state index contributed by atoms with van der Waals surface area (Å²) in [6.07, 6.45) is 0.136. The minimum absolute atomic E-state index is 0.134. The highest BCUT2D eigenvalue weighted by Crippen LogP contribution is 2.24. The Morgan fingerprint density at radius 3 is 2.47 bits per heavy atom. The molecule has 2 heterocycles. The van der Waals surface area contributed by atoms with Crippen LogP contribution < -0.4 is 16.0 Å². The van der Waals surface area contributed by atoms with Gasteiger partial charge in [-0.2, -0.15) is 0 Å². The molecule has 1 aliphatic heterocycles. The van der Waals surface area contributed by atoms with Gasteiger partial charge in [0.05, 0.1) is 17.3 Å². The average molecular weight is 431 g/mol. The molecule has 3 rings (SSSR count). The molecule has 1 aliphatic rings. The molecule has 1 fully saturated rings. The molecule has 1 aromatic heterocycles. The Morgan fingerprint density at radius 2 is 1.87 bits per heavy atom. The van der Waals surface area contributed by atoms with Gasteiger partial charge < -0.3 is 20.5 Å². The van der Waals surface area contributed by atoms with Crippen LogP contribution in [0, 0.1) is 20.8 Å². The number of carbonyl (C=O) groups excluding carboxylic acids is 4. The normalized spacial score (nSPS) is 15.6. The lowest BCUT2D eigenvalue weighted by molar-refractivity contribution is -0.119. The summed E-state index contributed by atoms with van der Waals surface area (Å²) in [5.74, 6) is -2.13. The number of benzene rings is 1. The van der Waals surface area contributed by atoms with E-state index in [1.807, 2.05) is 6.92 Å². The van der Waals surface area contributed by atoms with Crippen molar-refractivity contribution < 1.29 is 19.2 Å². The molecule has 0 radical (unpaired) electrons. The quantitative estimate of drug-likeness (QED) is 0.498. The van der Waals surface area contributed by atoms with E-state index in [1.54, 1.807) is 39.1 Å². The summed E-state index contributed by atoms with van der Waals surface area (Å²) in [5, 5.41) is 8.47. The highest BCUT2D eigenvalue weighted by atomic mass is 35.5. The molecule has 1 aromatic carbocycles. The zero-order valence-electron chi connectivity index (χ0n) is 17.2. The van der Waals surface area contributed by atoms with E-state index in [1.165, 1.54) is 4.57 Å². The first kappa shape index (κ1) is 21.6. The maximum Gasteiger partial charge on any atom is 0.294 e. The van der Waals surface area contributed by atoms with E-state index in [4.69, 9.17) is 11.6 Å². The third kappa shape index (κ3) is 4.23. The summed E-state index contributed by atoms with van der Waals surface area (Å²) in [4.78, 5) is 49.5. The second-order valence-corrected chi connectivity index (χ2v) is 7.91. The van der Waals surface area contributed by atoms with Gasteiger partial charge in [-0.05, 0) is 50.1 Å². The van der Waals surface area contributed by atoms with Crippen molar-refractivity contribution in [2.45, 2.75) is 33.2 Å². The molecule has 0 aliphatic carbocycles. The molecule has 30 heavy (non-hydrogen) atoms. The molecule has 9 heteroatoms. The molecule has 2 aromatic rings. The number of amides is 3. The Kier molecular flexibility index (Phi) is 5.98. The number of halogens is 1. The highest BCUT2D eigenvalue weighted by molar-refractivity contribution is 6.43. The minimum Gasteiger partial charge on any atom is -0.354 e. The molecule has 3 amide bonds. The highest BCUT2D eigenvalue weighted by Gasteiger charge is 2.31. The van der Waals surface area contributed by atoms with E-state index in [-0.39, 0.29) is 24.6 Å². The maximum atomic E-state index is 12.9. The number of anilines is 1. The van der Waals surface area contributed by atoms with Crippen LogP contribution in [0.25, 0.3) is 0 Å². The minimum atomic E-state index is -0.808. The number of rotatable bonds is 5. The molecular weight excluding hydrogens is 408 g/mol. The van der Waals surface area contributed by atoms with Crippen molar-refractivity contribution in [2.75, 3.05) is 11.9 Å². The van der Waals surface area contributed by atoms with Crippen LogP contribution in [-0.2, 0) is 16.6 Å². The van der Waals surface area contributed by atoms with E-state index in [9.17, 15) is 19.2 Å². The lowest BCUT2D eigenvalue weighted by Gasteiger charge is -2.10. The number of nitrogens with one attached hydrogen (secondary N) is 3. The Labute approximate surface area is 179 Å². The van der Waals surface area contributed by atoms with E-state index in [0.717, 1.165) is 5.56 Å². The molecule has 0 spiro atoms. The molecule has 8 nitrogen and oxygen atoms in total. The van der Waals surface area contributed by atoms with Gasteiger partial charge in [-0.15, -0.1) is 0 Å². The van der Waals surface area contributed by atoms with Gasteiger partial charge in [0.1, 0.15) is 0 Å². The third-order valence-electron chi connectivity index (χ3n) is 5.19. The largest absolute Gasteiger partial charge is 0.354 e. The maximum absolute atomic E-state index is 12.9. The van der Waals surface area contributed by atoms with Crippen LogP contribution in [-0.4, -0.2) is 40.7 Å². The van der Waals surface area contributed by atoms with Gasteiger partial charge in [0.25, 0.3) is 17.6 Å². The number of ketones is 1. The molecule has 3 N–H and O–H groups in total. The zero-order valence-corrected chi connectivity index (χ0v) is 17.9. The Bertz CT molecular complexity index is 1050. The molecule has 158 valence electrons. The van der Waals surface area contributed by atoms with Crippen LogP contribution in [0.15, 0.2) is 18.2 Å². The van der Waals surface area contributed by atoms with Crippen LogP contribution in [0.3, 0.4) is 0 Å². The van der Waals surface area contributed by atoms with Gasteiger partial charge in [-0.25, -0.2) is 0 Å². The number of aromatic nitrogens is 1. The van der Waals surface area contributed by atoms with Gasteiger partial charge >= 0.3 is 0 Å². The standard InChI is InChI=1S/C21H23ClN4O4/c1-10-5-13(22)7-14(6-10)24-20(29)17-11(2)18(26(4)12(17)3)19(28)21(30)25-15-8-16(27)23-9-15/h5-7,15H,8-9H2,1-4H3,(H,23,27)(H,24,29)(H,25,30)/t15-/m1/s1. The monoisotopic (exact) mass is 430 g/mol. The number of hydrogen-bond acceptors (Lipinski definition) is 4. The average Bonchev–Trinajstić information content (AvgIpc) is 3.14. The van der Waals surface area contributed by atoms with Crippen LogP contribution in [0.1, 0.15) is 44.1 Å². The van der Waals surface area contributed by atoms with Crippen molar-refractivity contribution >= 4 is 40.8 Å². The number of aryl methyl sites for hydroxylation is 1. The Hall–Kier alpha value is -3.13. The fourth-order valence-electron chi connectivity index (χ4n) is 3.70. The van der Waals surface area contributed by atoms with E-state index >= 15 is 0 Å². The van der Waals surface area contributed by atoms with Crippen LogP contribution in [0.2, 0.25) is 5.02 Å². The Morgan fingerprint density at radius 1 is 1.17 bits per heavy atom. The first-order chi connectivity index (χ1) is 14.1. The summed E-state index contributed by atoms with van der Waals surface area (Å²) >= 11 is 6.06. The van der Waals surface area contributed by atoms with Crippen LogP contribution in [0.5, 0.6) is 0 Å². The predicted molar refractivity (Wildman–Crippen MR) is 113 cm³/mol. The van der Waals surface area contributed by atoms with Crippen molar-refractivity contribution in [2.24, 2.45) is 7.05 Å². The summed E-state index contributed by atoms with van der Waals surface area (Å²) in [6.45, 7) is 5.49. The summed E-state index contributed by atoms with van der Waals surface area (Å²) in [7, 11) is 1.63. The second-order valence-electron chi connectivity index (χ2n) is 7.47. The van der Waals surface area contributed by atoms with Crippen molar-refractivity contribution in [1.29, 1.82) is 0 Å². The summed E-state index contributed by atoms with van der Waals surface area (Å²) < 4.78 is 1.54. The van der Waals surface area contributed by atoms with Gasteiger partial charge in [0.2, 0.25) is 5.91 Å². The van der Waals surface area contributed by atoms with Crippen LogP contribution >= 0.6 is 11.6 Å². The van der Waals surface area contributed by atoms with Crippen molar-refractivity contribution in [3.8, 4) is 0 Å². The van der Waals surface area contributed by atoms with Crippen molar-refractivity contribution in [3.63, 3.8) is 0 Å². The predicted octanol–water partition coefficient (Wildman–Crippen LogP) is 2.04. The topological polar surface area (TPSA) is 109 Å². The van der Waals surface area contributed by atoms with E-state index < -0.39 is 23.6 Å². The molecule has 1 atom stereocenters. The number of hydrogen-bond donors (Lipinski definition) is 3. The molecular formula is C21H23ClN4O4. The number of carbonyl (C=O) groups is 4. The Balaban J connectivity index is 1.85. The van der Waals surface area contributed by atoms with Gasteiger partial charge in [-0.3, -0.25) is 19.2 Å². The fraction of sp³-hybridized carbons (Fsp3) is 0.333. The van der Waals surface area contributed by atoms with Crippen LogP contribution in [0.4, 0.5) is 5.69 Å². The molecule has 0 bridgehead atoms. The van der Waals surface area contributed by atoms with Crippen molar-refractivity contribution in [1.82, 2.24) is 15.2 Å². The van der Waals surface area contributed by atoms with E-state index in [0.29, 0.717) is 27.5 Å². The second kappa shape index (κ2) is 8.31. The van der Waals surface area contributed by atoms with E-state index in [2.05, 4.69) is 16.0 Å². The summed E-state index contributed by atoms with van der Waals surface area (Å²) in [5.41, 5.74) is 2.85. The van der Waals surface area contributed by atoms with Gasteiger partial charge in [0, 0.05) is 36.4 Å². The molecule has 1 saturated heterocycles. The SMILES string of the molecule is Cc1cc(Cl)cc(NC(=O)c2c(C)c(C(=O)C(=O)N[C@H]3CNC(=O)C3)n(C)c2C)c1. The third-order valence-corrected chi connectivity index (χ3v) is 5.41. The fourth-order valence-corrected chi connectivity index (χ4v) is 3.99. The van der Waals surface area contributed by atoms with Crippen molar-refractivity contribution in [3.05, 3.63) is 51.3 Å².